The third-order valence-electron chi connectivity index (χ3n) is 4.54. The van der Waals surface area contributed by atoms with E-state index in [0.717, 1.165) is 40.2 Å². The van der Waals surface area contributed by atoms with E-state index in [9.17, 15) is 4.79 Å². The van der Waals surface area contributed by atoms with Gasteiger partial charge in [-0.05, 0) is 56.2 Å². The standard InChI is InChI=1S/C22H22N4O2S/c1-26(2)10-3-11-28-17-5-4-16-12-18(21(27)24-19(16)13-17)20-14-29-22(25-20)15-6-8-23-9-7-15/h4-9,12-14H,3,10-11H2,1-2H3,(H,24,27). The van der Waals surface area contributed by atoms with Gasteiger partial charge in [-0.1, -0.05) is 0 Å². The first kappa shape index (κ1) is 19.3. The van der Waals surface area contributed by atoms with Gasteiger partial charge in [-0.25, -0.2) is 4.98 Å². The Morgan fingerprint density at radius 3 is 2.76 bits per heavy atom. The molecule has 0 spiro atoms. The molecule has 4 aromatic rings. The van der Waals surface area contributed by atoms with Crippen LogP contribution in [0.25, 0.3) is 32.7 Å². The topological polar surface area (TPSA) is 71.1 Å². The molecule has 0 aliphatic heterocycles. The number of aromatic nitrogens is 3. The van der Waals surface area contributed by atoms with Crippen molar-refractivity contribution in [3.8, 4) is 27.6 Å². The van der Waals surface area contributed by atoms with Gasteiger partial charge in [0.15, 0.2) is 0 Å². The number of ether oxygens (including phenoxy) is 1. The molecule has 7 heteroatoms. The van der Waals surface area contributed by atoms with Crippen molar-refractivity contribution in [3.05, 3.63) is 64.5 Å². The van der Waals surface area contributed by atoms with Gasteiger partial charge in [0.2, 0.25) is 0 Å². The summed E-state index contributed by atoms with van der Waals surface area (Å²) >= 11 is 1.51. The maximum atomic E-state index is 12.7. The SMILES string of the molecule is CN(C)CCCOc1ccc2cc(-c3csc(-c4ccncc4)n3)c(=O)[nH]c2c1. The van der Waals surface area contributed by atoms with Crippen LogP contribution in [0, 0.1) is 0 Å². The molecule has 29 heavy (non-hydrogen) atoms. The number of hydrogen-bond donors (Lipinski definition) is 1. The first-order valence-corrected chi connectivity index (χ1v) is 10.3. The summed E-state index contributed by atoms with van der Waals surface area (Å²) in [4.78, 5) is 26.4. The second-order valence-corrected chi connectivity index (χ2v) is 7.90. The Bertz CT molecular complexity index is 1170. The van der Waals surface area contributed by atoms with Crippen molar-refractivity contribution in [3.63, 3.8) is 0 Å². The maximum absolute atomic E-state index is 12.7. The van der Waals surface area contributed by atoms with E-state index < -0.39 is 0 Å². The van der Waals surface area contributed by atoms with Gasteiger partial charge in [0.1, 0.15) is 10.8 Å². The Morgan fingerprint density at radius 2 is 1.97 bits per heavy atom. The van der Waals surface area contributed by atoms with E-state index in [1.54, 1.807) is 12.4 Å². The smallest absolute Gasteiger partial charge is 0.257 e. The lowest BCUT2D eigenvalue weighted by Gasteiger charge is -2.11. The number of thiazole rings is 1. The molecule has 0 atom stereocenters. The van der Waals surface area contributed by atoms with Crippen LogP contribution in [0.5, 0.6) is 5.75 Å². The second-order valence-electron chi connectivity index (χ2n) is 7.04. The summed E-state index contributed by atoms with van der Waals surface area (Å²) in [6, 6.07) is 11.5. The molecule has 0 amide bonds. The fraction of sp³-hybridized carbons (Fsp3) is 0.227. The average molecular weight is 407 g/mol. The van der Waals surface area contributed by atoms with Gasteiger partial charge in [-0.2, -0.15) is 0 Å². The Kier molecular flexibility index (Phi) is 5.69. The van der Waals surface area contributed by atoms with Crippen LogP contribution < -0.4 is 10.3 Å². The lowest BCUT2D eigenvalue weighted by Crippen LogP contribution is -2.15. The lowest BCUT2D eigenvalue weighted by atomic mass is 10.1. The van der Waals surface area contributed by atoms with Gasteiger partial charge < -0.3 is 14.6 Å². The Labute approximate surface area is 172 Å². The number of nitrogens with one attached hydrogen (secondary N) is 1. The van der Waals surface area contributed by atoms with Crippen LogP contribution in [0.4, 0.5) is 0 Å². The zero-order valence-electron chi connectivity index (χ0n) is 16.4. The highest BCUT2D eigenvalue weighted by Gasteiger charge is 2.11. The predicted molar refractivity (Wildman–Crippen MR) is 118 cm³/mol. The molecule has 1 N–H and O–H groups in total. The number of nitrogens with zero attached hydrogens (tertiary/aromatic N) is 3. The molecule has 3 heterocycles. The number of aromatic amines is 1. The summed E-state index contributed by atoms with van der Waals surface area (Å²) in [6.07, 6.45) is 4.42. The van der Waals surface area contributed by atoms with E-state index in [0.29, 0.717) is 17.9 Å². The molecule has 0 aliphatic rings. The van der Waals surface area contributed by atoms with E-state index >= 15 is 0 Å². The molecule has 0 saturated carbocycles. The zero-order chi connectivity index (χ0) is 20.2. The van der Waals surface area contributed by atoms with Crippen LogP contribution in [-0.4, -0.2) is 47.1 Å². The van der Waals surface area contributed by atoms with Gasteiger partial charge in [0.05, 0.1) is 23.4 Å². The van der Waals surface area contributed by atoms with Gasteiger partial charge >= 0.3 is 0 Å². The molecular formula is C22H22N4O2S. The minimum absolute atomic E-state index is 0.158. The van der Waals surface area contributed by atoms with Crippen molar-refractivity contribution in [1.29, 1.82) is 0 Å². The maximum Gasteiger partial charge on any atom is 0.257 e. The first-order chi connectivity index (χ1) is 14.1. The largest absolute Gasteiger partial charge is 0.493 e. The van der Waals surface area contributed by atoms with E-state index in [1.807, 2.05) is 55.9 Å². The van der Waals surface area contributed by atoms with Crippen molar-refractivity contribution in [2.45, 2.75) is 6.42 Å². The van der Waals surface area contributed by atoms with Crippen LogP contribution in [-0.2, 0) is 0 Å². The van der Waals surface area contributed by atoms with Crippen LogP contribution in [0.15, 0.2) is 59.0 Å². The lowest BCUT2D eigenvalue weighted by molar-refractivity contribution is 0.282. The fourth-order valence-corrected chi connectivity index (χ4v) is 3.88. The number of fused-ring (bicyclic) bond motifs is 1. The van der Waals surface area contributed by atoms with Crippen molar-refractivity contribution in [2.75, 3.05) is 27.2 Å². The van der Waals surface area contributed by atoms with E-state index in [-0.39, 0.29) is 5.56 Å². The van der Waals surface area contributed by atoms with E-state index in [1.165, 1.54) is 11.3 Å². The fourth-order valence-electron chi connectivity index (χ4n) is 3.06. The van der Waals surface area contributed by atoms with Crippen LogP contribution in [0.3, 0.4) is 0 Å². The van der Waals surface area contributed by atoms with Gasteiger partial charge in [-0.15, -0.1) is 11.3 Å². The highest BCUT2D eigenvalue weighted by atomic mass is 32.1. The van der Waals surface area contributed by atoms with Gasteiger partial charge in [0, 0.05) is 35.9 Å². The molecule has 0 fully saturated rings. The third-order valence-corrected chi connectivity index (χ3v) is 5.43. The van der Waals surface area contributed by atoms with Crippen LogP contribution in [0.2, 0.25) is 0 Å². The Hall–Kier alpha value is -3.03. The van der Waals surface area contributed by atoms with Crippen LogP contribution in [0.1, 0.15) is 6.42 Å². The molecule has 4 rings (SSSR count). The number of rotatable bonds is 7. The first-order valence-electron chi connectivity index (χ1n) is 9.41. The highest BCUT2D eigenvalue weighted by molar-refractivity contribution is 7.13. The molecule has 148 valence electrons. The molecule has 3 aromatic heterocycles. The van der Waals surface area contributed by atoms with Gasteiger partial charge in [-0.3, -0.25) is 9.78 Å². The van der Waals surface area contributed by atoms with Crippen LogP contribution >= 0.6 is 11.3 Å². The summed E-state index contributed by atoms with van der Waals surface area (Å²) in [7, 11) is 4.08. The molecule has 0 aliphatic carbocycles. The molecule has 0 unspecified atom stereocenters. The van der Waals surface area contributed by atoms with Crippen molar-refractivity contribution >= 4 is 22.2 Å². The number of benzene rings is 1. The summed E-state index contributed by atoms with van der Waals surface area (Å²) in [6.45, 7) is 1.62. The van der Waals surface area contributed by atoms with Crippen molar-refractivity contribution in [1.82, 2.24) is 19.9 Å². The number of pyridine rings is 2. The quantitative estimate of drug-likeness (QED) is 0.469. The molecule has 0 radical (unpaired) electrons. The predicted octanol–water partition coefficient (Wildman–Crippen LogP) is 4.04. The molecular weight excluding hydrogens is 384 g/mol. The third kappa shape index (κ3) is 4.52. The average Bonchev–Trinajstić information content (AvgIpc) is 3.21. The summed E-state index contributed by atoms with van der Waals surface area (Å²) in [5.74, 6) is 0.758. The minimum Gasteiger partial charge on any atom is -0.493 e. The van der Waals surface area contributed by atoms with E-state index in [4.69, 9.17) is 4.74 Å². The Morgan fingerprint density at radius 1 is 1.14 bits per heavy atom. The second kappa shape index (κ2) is 8.55. The molecule has 0 bridgehead atoms. The van der Waals surface area contributed by atoms with Crippen molar-refractivity contribution in [2.24, 2.45) is 0 Å². The normalized spacial score (nSPS) is 11.3. The zero-order valence-corrected chi connectivity index (χ0v) is 17.2. The number of H-pyrrole nitrogens is 1. The molecule has 0 saturated heterocycles. The molecule has 1 aromatic carbocycles. The summed E-state index contributed by atoms with van der Waals surface area (Å²) in [5.41, 5.74) is 2.83. The number of hydrogen-bond acceptors (Lipinski definition) is 6. The van der Waals surface area contributed by atoms with E-state index in [2.05, 4.69) is 19.9 Å². The minimum atomic E-state index is -0.158. The molecule has 6 nitrogen and oxygen atoms in total. The van der Waals surface area contributed by atoms with Crippen molar-refractivity contribution < 1.29 is 4.74 Å². The Balaban J connectivity index is 1.57. The highest BCUT2D eigenvalue weighted by Crippen LogP contribution is 2.28. The van der Waals surface area contributed by atoms with Gasteiger partial charge in [0.25, 0.3) is 5.56 Å². The summed E-state index contributed by atoms with van der Waals surface area (Å²) < 4.78 is 5.81. The summed E-state index contributed by atoms with van der Waals surface area (Å²) in [5, 5.41) is 3.72. The monoisotopic (exact) mass is 406 g/mol.